The Morgan fingerprint density at radius 1 is 0.933 bits per heavy atom. The molecule has 0 aliphatic carbocycles. The fraction of sp³-hybridized carbons (Fsp3) is 0.214. The van der Waals surface area contributed by atoms with Crippen molar-refractivity contribution in [1.29, 1.82) is 0 Å². The molecule has 1 nitrogen and oxygen atoms in total. The number of anilines is 1. The Morgan fingerprint density at radius 2 is 1.70 bits per heavy atom. The number of hydrogen-bond donors (Lipinski definition) is 1. The second-order valence-electron chi connectivity index (χ2n) is 7.86. The number of rotatable bonds is 7. The maximum Gasteiger partial charge on any atom is 0.0498 e. The molecule has 0 aliphatic heterocycles. The summed E-state index contributed by atoms with van der Waals surface area (Å²) < 4.78 is 0. The van der Waals surface area contributed by atoms with Crippen molar-refractivity contribution in [3.8, 4) is 0 Å². The third kappa shape index (κ3) is 5.87. The molecule has 0 fully saturated rings. The summed E-state index contributed by atoms with van der Waals surface area (Å²) in [5, 5.41) is 4.22. The summed E-state index contributed by atoms with van der Waals surface area (Å²) in [6, 6.07) is 23.9. The summed E-state index contributed by atoms with van der Waals surface area (Å²) >= 11 is 6.53. The minimum absolute atomic E-state index is 0.428. The summed E-state index contributed by atoms with van der Waals surface area (Å²) in [6.07, 6.45) is 7.39. The first-order chi connectivity index (χ1) is 14.5. The van der Waals surface area contributed by atoms with E-state index in [1.165, 1.54) is 27.8 Å². The van der Waals surface area contributed by atoms with Crippen LogP contribution in [0.3, 0.4) is 0 Å². The molecule has 3 aromatic rings. The van der Waals surface area contributed by atoms with Crippen LogP contribution >= 0.6 is 11.6 Å². The van der Waals surface area contributed by atoms with Gasteiger partial charge in [-0.2, -0.15) is 0 Å². The van der Waals surface area contributed by atoms with Crippen molar-refractivity contribution in [1.82, 2.24) is 0 Å². The Kier molecular flexibility index (Phi) is 7.54. The third-order valence-electron chi connectivity index (χ3n) is 5.26. The molecule has 0 heterocycles. The molecule has 0 aliphatic rings. The molecule has 0 saturated heterocycles. The molecule has 0 spiro atoms. The van der Waals surface area contributed by atoms with Gasteiger partial charge in [-0.15, -0.1) is 0 Å². The summed E-state index contributed by atoms with van der Waals surface area (Å²) in [7, 11) is 0. The Morgan fingerprint density at radius 3 is 2.37 bits per heavy atom. The van der Waals surface area contributed by atoms with Crippen LogP contribution in [-0.4, -0.2) is 6.04 Å². The topological polar surface area (TPSA) is 12.0 Å². The smallest absolute Gasteiger partial charge is 0.0498 e. The number of nitrogens with one attached hydrogen (secondary N) is 1. The highest BCUT2D eigenvalue weighted by molar-refractivity contribution is 6.32. The van der Waals surface area contributed by atoms with Crippen LogP contribution in [0.25, 0.3) is 11.6 Å². The minimum atomic E-state index is 0.428. The first-order valence-electron chi connectivity index (χ1n) is 10.5. The molecule has 3 rings (SSSR count). The van der Waals surface area contributed by atoms with Gasteiger partial charge in [-0.25, -0.2) is 0 Å². The molecule has 2 heteroatoms. The van der Waals surface area contributed by atoms with E-state index >= 15 is 0 Å². The van der Waals surface area contributed by atoms with Crippen LogP contribution in [0, 0.1) is 13.8 Å². The van der Waals surface area contributed by atoms with E-state index in [9.17, 15) is 0 Å². The van der Waals surface area contributed by atoms with Crippen LogP contribution in [0.4, 0.5) is 5.69 Å². The van der Waals surface area contributed by atoms with E-state index in [1.54, 1.807) is 0 Å². The molecule has 0 saturated carbocycles. The van der Waals surface area contributed by atoms with Gasteiger partial charge in [-0.3, -0.25) is 0 Å². The average molecular weight is 416 g/mol. The highest BCUT2D eigenvalue weighted by Gasteiger charge is 2.05. The van der Waals surface area contributed by atoms with Gasteiger partial charge in [0, 0.05) is 16.8 Å². The molecule has 0 aromatic heterocycles. The van der Waals surface area contributed by atoms with E-state index in [-0.39, 0.29) is 0 Å². The van der Waals surface area contributed by atoms with Crippen LogP contribution in [0.5, 0.6) is 0 Å². The lowest BCUT2D eigenvalue weighted by atomic mass is 9.95. The number of halogens is 1. The van der Waals surface area contributed by atoms with Crippen LogP contribution in [0.15, 0.2) is 78.9 Å². The summed E-state index contributed by atoms with van der Waals surface area (Å²) in [5.74, 6) is 0. The number of benzene rings is 3. The Bertz CT molecular complexity index is 1040. The predicted octanol–water partition coefficient (Wildman–Crippen LogP) is 8.31. The molecule has 0 amide bonds. The fourth-order valence-electron chi connectivity index (χ4n) is 3.29. The normalized spacial score (nSPS) is 12.9. The van der Waals surface area contributed by atoms with Crippen molar-refractivity contribution in [2.24, 2.45) is 0 Å². The zero-order chi connectivity index (χ0) is 21.5. The summed E-state index contributed by atoms with van der Waals surface area (Å²) in [4.78, 5) is 0. The second-order valence-corrected chi connectivity index (χ2v) is 8.27. The van der Waals surface area contributed by atoms with Crippen LogP contribution in [0.1, 0.15) is 48.1 Å². The van der Waals surface area contributed by atoms with E-state index in [1.807, 2.05) is 6.07 Å². The van der Waals surface area contributed by atoms with Gasteiger partial charge in [-0.05, 0) is 61.6 Å². The Hall–Kier alpha value is -2.77. The molecule has 1 unspecified atom stereocenters. The zero-order valence-corrected chi connectivity index (χ0v) is 19.0. The molecule has 0 radical (unpaired) electrons. The summed E-state index contributed by atoms with van der Waals surface area (Å²) in [6.45, 7) is 8.58. The van der Waals surface area contributed by atoms with Crippen molar-refractivity contribution in [3.63, 3.8) is 0 Å². The summed E-state index contributed by atoms with van der Waals surface area (Å²) in [5.41, 5.74) is 8.19. The standard InChI is InChI=1S/C28H30ClN/c1-5-22(4)30-26-17-16-24(28(29)19-26)9-7-11-27(23-14-12-20(2)13-15-23)25-10-6-8-21(3)18-25/h6-19,22,30H,5H2,1-4H3/b9-7+,27-11+. The van der Waals surface area contributed by atoms with E-state index < -0.39 is 0 Å². The van der Waals surface area contributed by atoms with E-state index in [0.29, 0.717) is 6.04 Å². The predicted molar refractivity (Wildman–Crippen MR) is 133 cm³/mol. The van der Waals surface area contributed by atoms with Gasteiger partial charge in [0.25, 0.3) is 0 Å². The SMILES string of the molecule is CCC(C)Nc1ccc(/C=C/C=C(\c2ccc(C)cc2)c2cccc(C)c2)c(Cl)c1. The first kappa shape index (κ1) is 21.9. The molecular weight excluding hydrogens is 386 g/mol. The molecule has 0 bridgehead atoms. The van der Waals surface area contributed by atoms with Crippen LogP contribution < -0.4 is 5.32 Å². The van der Waals surface area contributed by atoms with Crippen molar-refractivity contribution in [3.05, 3.63) is 112 Å². The zero-order valence-electron chi connectivity index (χ0n) is 18.2. The lowest BCUT2D eigenvalue weighted by Gasteiger charge is -2.13. The minimum Gasteiger partial charge on any atom is -0.383 e. The lowest BCUT2D eigenvalue weighted by molar-refractivity contribution is 0.764. The first-order valence-corrected chi connectivity index (χ1v) is 10.9. The van der Waals surface area contributed by atoms with Gasteiger partial charge in [0.15, 0.2) is 0 Å². The van der Waals surface area contributed by atoms with Gasteiger partial charge in [-0.1, -0.05) is 102 Å². The molecule has 30 heavy (non-hydrogen) atoms. The Labute approximate surface area is 186 Å². The van der Waals surface area contributed by atoms with E-state index in [2.05, 4.69) is 112 Å². The van der Waals surface area contributed by atoms with Crippen molar-refractivity contribution in [2.45, 2.75) is 40.2 Å². The average Bonchev–Trinajstić information content (AvgIpc) is 2.73. The third-order valence-corrected chi connectivity index (χ3v) is 5.58. The second kappa shape index (κ2) is 10.3. The monoisotopic (exact) mass is 415 g/mol. The lowest BCUT2D eigenvalue weighted by Crippen LogP contribution is -2.13. The van der Waals surface area contributed by atoms with E-state index in [4.69, 9.17) is 11.6 Å². The molecule has 154 valence electrons. The van der Waals surface area contributed by atoms with Crippen molar-refractivity contribution < 1.29 is 0 Å². The van der Waals surface area contributed by atoms with Gasteiger partial charge >= 0.3 is 0 Å². The number of aryl methyl sites for hydroxylation is 2. The quantitative estimate of drug-likeness (QED) is 0.382. The molecule has 1 N–H and O–H groups in total. The molecular formula is C28H30ClN. The number of allylic oxidation sites excluding steroid dienone is 2. The maximum atomic E-state index is 6.53. The van der Waals surface area contributed by atoms with Gasteiger partial charge in [0.2, 0.25) is 0 Å². The fourth-order valence-corrected chi connectivity index (χ4v) is 3.54. The van der Waals surface area contributed by atoms with Crippen molar-refractivity contribution in [2.75, 3.05) is 5.32 Å². The molecule has 3 aromatic carbocycles. The van der Waals surface area contributed by atoms with Gasteiger partial charge < -0.3 is 5.32 Å². The maximum absolute atomic E-state index is 6.53. The number of hydrogen-bond acceptors (Lipinski definition) is 1. The van der Waals surface area contributed by atoms with Crippen LogP contribution in [-0.2, 0) is 0 Å². The highest BCUT2D eigenvalue weighted by atomic mass is 35.5. The Balaban J connectivity index is 1.90. The van der Waals surface area contributed by atoms with E-state index in [0.717, 1.165) is 22.7 Å². The van der Waals surface area contributed by atoms with Crippen LogP contribution in [0.2, 0.25) is 5.02 Å². The van der Waals surface area contributed by atoms with Gasteiger partial charge in [0.1, 0.15) is 0 Å². The molecule has 1 atom stereocenters. The van der Waals surface area contributed by atoms with Crippen molar-refractivity contribution >= 4 is 28.9 Å². The highest BCUT2D eigenvalue weighted by Crippen LogP contribution is 2.26. The largest absolute Gasteiger partial charge is 0.383 e. The van der Waals surface area contributed by atoms with Gasteiger partial charge in [0.05, 0.1) is 0 Å².